The van der Waals surface area contributed by atoms with E-state index in [1.807, 2.05) is 0 Å². The second-order valence-electron chi connectivity index (χ2n) is 9.30. The number of carbonyl (C=O) groups is 2. The molecule has 0 aromatic heterocycles. The van der Waals surface area contributed by atoms with E-state index in [2.05, 4.69) is 0 Å². The van der Waals surface area contributed by atoms with Gasteiger partial charge in [-0.3, -0.25) is 9.69 Å². The number of hydrogen-bond donors (Lipinski definition) is 0. The molecule has 4 atom stereocenters. The van der Waals surface area contributed by atoms with E-state index in [0.717, 1.165) is 0 Å². The van der Waals surface area contributed by atoms with Crippen molar-refractivity contribution in [2.75, 3.05) is 20.8 Å². The normalized spacial score (nSPS) is 20.8. The van der Waals surface area contributed by atoms with Gasteiger partial charge in [0, 0.05) is 32.1 Å². The van der Waals surface area contributed by atoms with E-state index in [0.29, 0.717) is 19.4 Å². The monoisotopic (exact) mass is 455 g/mol. The average Bonchev–Trinajstić information content (AvgIpc) is 3.13. The minimum Gasteiger partial charge on any atom is -0.444 e. The van der Waals surface area contributed by atoms with E-state index in [1.165, 1.54) is 25.3 Å². The number of ether oxygens (including phenoxy) is 3. The zero-order valence-corrected chi connectivity index (χ0v) is 19.8. The topological polar surface area (TPSA) is 65.1 Å². The number of hydrogen-bond acceptors (Lipinski definition) is 5. The molecule has 0 spiro atoms. The summed E-state index contributed by atoms with van der Waals surface area (Å²) in [7, 11) is 3.09. The van der Waals surface area contributed by atoms with Crippen LogP contribution >= 0.6 is 0 Å². The van der Waals surface area contributed by atoms with Crippen LogP contribution in [0.15, 0.2) is 18.2 Å². The van der Waals surface area contributed by atoms with Crippen molar-refractivity contribution < 1.29 is 32.6 Å². The van der Waals surface area contributed by atoms with Crippen molar-refractivity contribution >= 4 is 11.9 Å². The molecule has 0 saturated carbocycles. The van der Waals surface area contributed by atoms with Crippen LogP contribution in [0.1, 0.15) is 52.5 Å². The Labute approximate surface area is 189 Å². The minimum atomic E-state index is -0.654. The molecule has 2 rings (SSSR count). The number of ketones is 1. The van der Waals surface area contributed by atoms with Crippen molar-refractivity contribution in [1.82, 2.24) is 4.90 Å². The smallest absolute Gasteiger partial charge is 0.410 e. The van der Waals surface area contributed by atoms with Crippen LogP contribution in [-0.4, -0.2) is 61.4 Å². The van der Waals surface area contributed by atoms with Crippen LogP contribution in [0.5, 0.6) is 0 Å². The quantitative estimate of drug-likeness (QED) is 0.547. The zero-order chi connectivity index (χ0) is 24.1. The molecule has 180 valence electrons. The highest BCUT2D eigenvalue weighted by atomic mass is 19.1. The largest absolute Gasteiger partial charge is 0.444 e. The predicted octanol–water partition coefficient (Wildman–Crippen LogP) is 4.53. The molecule has 1 fully saturated rings. The summed E-state index contributed by atoms with van der Waals surface area (Å²) in [6, 6.07) is 3.35. The fourth-order valence-corrected chi connectivity index (χ4v) is 4.15. The summed E-state index contributed by atoms with van der Waals surface area (Å²) in [4.78, 5) is 27.2. The molecule has 1 aliphatic rings. The lowest BCUT2D eigenvalue weighted by Gasteiger charge is -2.34. The molecular formula is C24H35F2NO5. The molecule has 1 unspecified atom stereocenters. The first-order chi connectivity index (χ1) is 15.0. The highest BCUT2D eigenvalue weighted by Crippen LogP contribution is 2.30. The molecule has 1 heterocycles. The summed E-state index contributed by atoms with van der Waals surface area (Å²) in [5, 5.41) is 0. The van der Waals surface area contributed by atoms with Gasteiger partial charge in [-0.1, -0.05) is 13.0 Å². The summed E-state index contributed by atoms with van der Waals surface area (Å²) in [6.45, 7) is 7.49. The molecule has 0 aliphatic carbocycles. The average molecular weight is 456 g/mol. The van der Waals surface area contributed by atoms with Crippen LogP contribution in [0.4, 0.5) is 13.6 Å². The second-order valence-corrected chi connectivity index (χ2v) is 9.30. The van der Waals surface area contributed by atoms with E-state index in [4.69, 9.17) is 14.2 Å². The number of likely N-dealkylation sites (tertiary alicyclic amines) is 1. The Morgan fingerprint density at radius 1 is 1.19 bits per heavy atom. The Bertz CT molecular complexity index is 775. The summed E-state index contributed by atoms with van der Waals surface area (Å²) >= 11 is 0. The molecular weight excluding hydrogens is 420 g/mol. The summed E-state index contributed by atoms with van der Waals surface area (Å²) in [6.07, 6.45) is -0.0870. The van der Waals surface area contributed by atoms with Crippen molar-refractivity contribution in [2.24, 2.45) is 5.92 Å². The van der Waals surface area contributed by atoms with Crippen LogP contribution in [-0.2, 0) is 25.4 Å². The first-order valence-electron chi connectivity index (χ1n) is 11.0. The first kappa shape index (κ1) is 26.2. The van der Waals surface area contributed by atoms with Gasteiger partial charge in [-0.15, -0.1) is 0 Å². The zero-order valence-electron chi connectivity index (χ0n) is 19.8. The number of rotatable bonds is 9. The molecule has 1 aromatic carbocycles. The number of benzene rings is 1. The number of carbonyl (C=O) groups excluding carboxylic acids is 2. The summed E-state index contributed by atoms with van der Waals surface area (Å²) in [5.74, 6) is -1.82. The molecule has 1 aliphatic heterocycles. The number of halogens is 2. The van der Waals surface area contributed by atoms with Gasteiger partial charge in [0.05, 0.1) is 24.8 Å². The summed E-state index contributed by atoms with van der Waals surface area (Å²) in [5.41, 5.74) is -0.662. The van der Waals surface area contributed by atoms with Crippen molar-refractivity contribution in [3.8, 4) is 0 Å². The van der Waals surface area contributed by atoms with E-state index in [-0.39, 0.29) is 36.3 Å². The fourth-order valence-electron chi connectivity index (χ4n) is 4.15. The van der Waals surface area contributed by atoms with Crippen LogP contribution in [0.3, 0.4) is 0 Å². The van der Waals surface area contributed by atoms with Gasteiger partial charge in [0.2, 0.25) is 0 Å². The molecule has 0 N–H and O–H groups in total. The van der Waals surface area contributed by atoms with Crippen molar-refractivity contribution in [1.29, 1.82) is 0 Å². The molecule has 0 radical (unpaired) electrons. The minimum absolute atomic E-state index is 0.00826. The lowest BCUT2D eigenvalue weighted by Crippen LogP contribution is -2.49. The maximum Gasteiger partial charge on any atom is 0.410 e. The third kappa shape index (κ3) is 6.72. The molecule has 1 amide bonds. The highest BCUT2D eigenvalue weighted by molar-refractivity contribution is 5.81. The van der Waals surface area contributed by atoms with Crippen LogP contribution in [0.25, 0.3) is 0 Å². The second kappa shape index (κ2) is 11.2. The van der Waals surface area contributed by atoms with Gasteiger partial charge in [0.1, 0.15) is 23.0 Å². The first-order valence-corrected chi connectivity index (χ1v) is 11.0. The lowest BCUT2D eigenvalue weighted by molar-refractivity contribution is -0.128. The predicted molar refractivity (Wildman–Crippen MR) is 116 cm³/mol. The Hall–Kier alpha value is -2.06. The molecule has 6 nitrogen and oxygen atoms in total. The van der Waals surface area contributed by atoms with Crippen LogP contribution < -0.4 is 0 Å². The Morgan fingerprint density at radius 2 is 1.81 bits per heavy atom. The van der Waals surface area contributed by atoms with E-state index in [9.17, 15) is 18.4 Å². The Morgan fingerprint density at radius 3 is 2.34 bits per heavy atom. The van der Waals surface area contributed by atoms with Gasteiger partial charge in [-0.2, -0.15) is 0 Å². The van der Waals surface area contributed by atoms with Crippen molar-refractivity contribution in [3.63, 3.8) is 0 Å². The van der Waals surface area contributed by atoms with E-state index in [1.54, 1.807) is 39.7 Å². The maximum absolute atomic E-state index is 13.8. The number of nitrogens with zero attached hydrogens (tertiary/aromatic N) is 1. The molecule has 1 aromatic rings. The third-order valence-electron chi connectivity index (χ3n) is 5.83. The third-order valence-corrected chi connectivity index (χ3v) is 5.83. The fraction of sp³-hybridized carbons (Fsp3) is 0.667. The number of methoxy groups -OCH3 is 2. The number of Topliss-reactive ketones (excluding diaryl/α,β-unsaturated/α-hetero) is 1. The standard InChI is InChI=1S/C24H35F2NO5/c1-15(21(28)12-7-9-17-18(25)10-8-11-19(17)26)22(31-6)20-13-16(30-5)14-27(20)23(29)32-24(2,3)4/h8,10-11,15-16,20,22H,7,9,12-14H2,1-6H3/t15-,16+,20?,22+/m0/s1. The Balaban J connectivity index is 2.05. The SMILES string of the molecule is CO[C@@H]1CC([C@H](OC)[C@@H](C)C(=O)CCCc2c(F)cccc2F)N(C(=O)OC(C)(C)C)C1. The van der Waals surface area contributed by atoms with Gasteiger partial charge in [0.15, 0.2) is 0 Å². The van der Waals surface area contributed by atoms with Crippen molar-refractivity contribution in [3.05, 3.63) is 35.4 Å². The van der Waals surface area contributed by atoms with Crippen molar-refractivity contribution in [2.45, 2.75) is 77.2 Å². The van der Waals surface area contributed by atoms with Crippen LogP contribution in [0, 0.1) is 17.6 Å². The van der Waals surface area contributed by atoms with Crippen LogP contribution in [0.2, 0.25) is 0 Å². The molecule has 1 saturated heterocycles. The molecule has 32 heavy (non-hydrogen) atoms. The van der Waals surface area contributed by atoms with Gasteiger partial charge in [-0.05, 0) is 52.2 Å². The number of amides is 1. The maximum atomic E-state index is 13.8. The van der Waals surface area contributed by atoms with Gasteiger partial charge < -0.3 is 14.2 Å². The lowest BCUT2D eigenvalue weighted by atomic mass is 9.89. The summed E-state index contributed by atoms with van der Waals surface area (Å²) < 4.78 is 44.3. The van der Waals surface area contributed by atoms with Gasteiger partial charge in [-0.25, -0.2) is 13.6 Å². The molecule has 8 heteroatoms. The molecule has 0 bridgehead atoms. The highest BCUT2D eigenvalue weighted by Gasteiger charge is 2.44. The van der Waals surface area contributed by atoms with E-state index < -0.39 is 35.4 Å². The Kier molecular flexibility index (Phi) is 9.16. The van der Waals surface area contributed by atoms with Gasteiger partial charge >= 0.3 is 6.09 Å². The van der Waals surface area contributed by atoms with E-state index >= 15 is 0 Å². The van der Waals surface area contributed by atoms with Gasteiger partial charge in [0.25, 0.3) is 0 Å².